The van der Waals surface area contributed by atoms with Crippen LogP contribution in [0.5, 0.6) is 34.5 Å². The van der Waals surface area contributed by atoms with Crippen LogP contribution in [-0.2, 0) is 12.8 Å². The van der Waals surface area contributed by atoms with Crippen LogP contribution in [-0.4, -0.2) is 83.2 Å². The van der Waals surface area contributed by atoms with Gasteiger partial charge in [0.05, 0.1) is 11.8 Å². The van der Waals surface area contributed by atoms with Gasteiger partial charge >= 0.3 is 12.4 Å². The monoisotopic (exact) mass is 1050 g/mol. The van der Waals surface area contributed by atoms with Gasteiger partial charge in [-0.2, -0.15) is 26.3 Å². The summed E-state index contributed by atoms with van der Waals surface area (Å²) in [4.78, 5) is 31.7. The maximum absolute atomic E-state index is 13.6. The van der Waals surface area contributed by atoms with E-state index in [1.807, 2.05) is 88.4 Å². The van der Waals surface area contributed by atoms with Crippen molar-refractivity contribution >= 4 is 54.4 Å². The van der Waals surface area contributed by atoms with Crippen LogP contribution < -0.4 is 9.47 Å². The molecule has 2 N–H and O–H groups in total. The van der Waals surface area contributed by atoms with Gasteiger partial charge in [-0.3, -0.25) is 9.59 Å². The Morgan fingerprint density at radius 1 is 0.527 bits per heavy atom. The summed E-state index contributed by atoms with van der Waals surface area (Å²) in [6.07, 6.45) is -6.94. The second-order valence-electron chi connectivity index (χ2n) is 19.2. The van der Waals surface area contributed by atoms with Gasteiger partial charge in [-0.25, -0.2) is 0 Å². The highest BCUT2D eigenvalue weighted by Gasteiger charge is 2.47. The third-order valence-corrected chi connectivity index (χ3v) is 15.8. The number of aryl methyl sites for hydroxylation is 4. The Labute approximate surface area is 432 Å². The number of phenolic OH excluding ortho intramolecular Hbond substituents is 2. The zero-order valence-corrected chi connectivity index (χ0v) is 42.5. The van der Waals surface area contributed by atoms with Crippen molar-refractivity contribution in [1.82, 2.24) is 9.80 Å². The molecule has 384 valence electrons. The van der Waals surface area contributed by atoms with Crippen molar-refractivity contribution < 1.29 is 55.6 Å². The second kappa shape index (κ2) is 21.3. The number of phenols is 2. The van der Waals surface area contributed by atoms with Crippen LogP contribution >= 0.6 is 22.7 Å². The average molecular weight is 1050 g/mol. The first-order chi connectivity index (χ1) is 35.2. The molecule has 4 heterocycles. The van der Waals surface area contributed by atoms with Gasteiger partial charge in [0.1, 0.15) is 32.8 Å². The zero-order valence-electron chi connectivity index (χ0n) is 40.9. The SMILES string of the molecule is Cc1ccc(C(=O)c2sc3cc(O)ccc3c2Oc2ccc(CCN3CC(C(F)(F)F)C3)cc2)c(C)c1.Cc1ccc(C)c(C(=O)c2sc3cc(O)ccc3c2Oc2ccc(CCN3CC(C(F)(F)F)C3)cc2)c1. The van der Waals surface area contributed by atoms with Crippen LogP contribution in [0.15, 0.2) is 121 Å². The molecule has 10 rings (SSSR count). The van der Waals surface area contributed by atoms with Crippen LogP contribution in [0.25, 0.3) is 20.2 Å². The number of hydrogen-bond donors (Lipinski definition) is 2. The molecular weight excluding hydrogens is 999 g/mol. The normalized spacial score (nSPS) is 14.6. The third kappa shape index (κ3) is 11.8. The molecule has 74 heavy (non-hydrogen) atoms. The Hall–Kier alpha value is -6.72. The van der Waals surface area contributed by atoms with E-state index in [2.05, 4.69) is 0 Å². The third-order valence-electron chi connectivity index (χ3n) is 13.5. The Kier molecular flexibility index (Phi) is 15.0. The Morgan fingerprint density at radius 2 is 0.946 bits per heavy atom. The standard InChI is InChI=1S/2C29H26F3NO3S/c1-17-3-9-23(18(2)13-17)26(35)28-27(24-10-6-21(34)14-25(24)37-28)36-22-7-4-19(5-8-22)11-12-33-15-20(16-33)29(30,31)32;1-17-3-4-18(2)24(13-17)26(35)28-27(23-10-7-21(34)14-25(23)37-28)36-22-8-5-19(6-9-22)11-12-33-15-20(16-33)29(30,31)32/h2*3-10,13-14,20,34H,11-12,15-16H2,1-2H3. The van der Waals surface area contributed by atoms with Gasteiger partial charge in [-0.05, 0) is 130 Å². The molecule has 2 aliphatic heterocycles. The number of alkyl halides is 6. The number of carbonyl (C=O) groups excluding carboxylic acids is 2. The molecule has 2 aliphatic rings. The van der Waals surface area contributed by atoms with Crippen molar-refractivity contribution in [3.05, 3.63) is 176 Å². The van der Waals surface area contributed by atoms with E-state index >= 15 is 0 Å². The highest BCUT2D eigenvalue weighted by atomic mass is 32.1. The highest BCUT2D eigenvalue weighted by Crippen LogP contribution is 2.45. The quantitative estimate of drug-likeness (QED) is 0.0821. The number of likely N-dealkylation sites (tertiary alicyclic amines) is 2. The minimum atomic E-state index is -4.11. The second-order valence-corrected chi connectivity index (χ2v) is 21.3. The predicted octanol–water partition coefficient (Wildman–Crippen LogP) is 14.6. The molecule has 0 bridgehead atoms. The number of rotatable bonds is 14. The lowest BCUT2D eigenvalue weighted by Gasteiger charge is -2.40. The number of ketones is 2. The molecular formula is C58H52F6N2O6S2. The lowest BCUT2D eigenvalue weighted by atomic mass is 9.99. The molecule has 0 amide bonds. The van der Waals surface area contributed by atoms with E-state index in [4.69, 9.17) is 9.47 Å². The maximum atomic E-state index is 13.6. The minimum absolute atomic E-state index is 0.0582. The van der Waals surface area contributed by atoms with Crippen LogP contribution in [0, 0.1) is 39.5 Å². The molecule has 0 radical (unpaired) electrons. The summed E-state index contributed by atoms with van der Waals surface area (Å²) in [7, 11) is 0. The number of fused-ring (bicyclic) bond motifs is 2. The summed E-state index contributed by atoms with van der Waals surface area (Å²) >= 11 is 2.56. The van der Waals surface area contributed by atoms with Gasteiger partial charge in [-0.1, -0.05) is 65.7 Å². The largest absolute Gasteiger partial charge is 0.508 e. The maximum Gasteiger partial charge on any atom is 0.394 e. The molecule has 2 aromatic heterocycles. The lowest BCUT2D eigenvalue weighted by molar-refractivity contribution is -0.209. The lowest BCUT2D eigenvalue weighted by Crippen LogP contribution is -2.53. The number of thiophene rings is 2. The Morgan fingerprint density at radius 3 is 1.38 bits per heavy atom. The van der Waals surface area contributed by atoms with E-state index in [0.717, 1.165) is 53.6 Å². The summed E-state index contributed by atoms with van der Waals surface area (Å²) in [5.41, 5.74) is 7.00. The summed E-state index contributed by atoms with van der Waals surface area (Å²) in [6.45, 7) is 9.09. The molecule has 8 nitrogen and oxygen atoms in total. The fraction of sp³-hybridized carbons (Fsp3) is 0.276. The molecule has 8 aromatic rings. The predicted molar refractivity (Wildman–Crippen MR) is 278 cm³/mol. The summed E-state index contributed by atoms with van der Waals surface area (Å²) < 4.78 is 90.1. The Balaban J connectivity index is 0.000000182. The minimum Gasteiger partial charge on any atom is -0.508 e. The van der Waals surface area contributed by atoms with Crippen molar-refractivity contribution in [2.24, 2.45) is 11.8 Å². The van der Waals surface area contributed by atoms with Crippen molar-refractivity contribution in [3.63, 3.8) is 0 Å². The van der Waals surface area contributed by atoms with Gasteiger partial charge in [0.15, 0.2) is 11.5 Å². The van der Waals surface area contributed by atoms with Crippen LogP contribution in [0.1, 0.15) is 63.9 Å². The van der Waals surface area contributed by atoms with E-state index in [-0.39, 0.29) is 49.2 Å². The summed E-state index contributed by atoms with van der Waals surface area (Å²) in [6, 6.07) is 36.1. The molecule has 0 atom stereocenters. The first-order valence-corrected chi connectivity index (χ1v) is 25.7. The molecule has 0 spiro atoms. The molecule has 2 saturated heterocycles. The summed E-state index contributed by atoms with van der Waals surface area (Å²) in [5, 5.41) is 21.4. The number of aromatic hydroxyl groups is 2. The van der Waals surface area contributed by atoms with Crippen molar-refractivity contribution in [3.8, 4) is 34.5 Å². The van der Waals surface area contributed by atoms with Gasteiger partial charge in [-0.15, -0.1) is 22.7 Å². The number of benzene rings is 6. The number of nitrogens with zero attached hydrogens (tertiary/aromatic N) is 2. The molecule has 16 heteroatoms. The first kappa shape index (κ1) is 52.2. The zero-order chi connectivity index (χ0) is 52.6. The Bertz CT molecular complexity index is 3350. The first-order valence-electron chi connectivity index (χ1n) is 24.0. The van der Waals surface area contributed by atoms with Gasteiger partial charge in [0, 0.05) is 70.6 Å². The number of ether oxygens (including phenoxy) is 2. The smallest absolute Gasteiger partial charge is 0.394 e. The molecule has 0 saturated carbocycles. The fourth-order valence-corrected chi connectivity index (χ4v) is 11.3. The topological polar surface area (TPSA) is 99.5 Å². The van der Waals surface area contributed by atoms with Crippen molar-refractivity contribution in [2.45, 2.75) is 52.9 Å². The molecule has 2 fully saturated rings. The van der Waals surface area contributed by atoms with Crippen molar-refractivity contribution in [2.75, 3.05) is 39.3 Å². The van der Waals surface area contributed by atoms with E-state index < -0.39 is 24.2 Å². The van der Waals surface area contributed by atoms with E-state index in [1.165, 1.54) is 22.7 Å². The van der Waals surface area contributed by atoms with E-state index in [0.29, 0.717) is 69.8 Å². The summed E-state index contributed by atoms with van der Waals surface area (Å²) in [5.74, 6) is -0.513. The average Bonchev–Trinajstić information content (AvgIpc) is 3.85. The number of halogens is 6. The van der Waals surface area contributed by atoms with Crippen LogP contribution in [0.2, 0.25) is 0 Å². The van der Waals surface area contributed by atoms with Crippen molar-refractivity contribution in [1.29, 1.82) is 0 Å². The number of hydrogen-bond acceptors (Lipinski definition) is 10. The molecule has 6 aromatic carbocycles. The van der Waals surface area contributed by atoms with Gasteiger partial charge < -0.3 is 29.5 Å². The van der Waals surface area contributed by atoms with E-state index in [1.54, 1.807) is 70.5 Å². The van der Waals surface area contributed by atoms with Gasteiger partial charge in [0.2, 0.25) is 11.6 Å². The van der Waals surface area contributed by atoms with E-state index in [9.17, 15) is 46.1 Å². The van der Waals surface area contributed by atoms with Gasteiger partial charge in [0.25, 0.3) is 0 Å². The van der Waals surface area contributed by atoms with Crippen LogP contribution in [0.3, 0.4) is 0 Å². The molecule has 0 unspecified atom stereocenters. The number of carbonyl (C=O) groups is 2. The fourth-order valence-electron chi connectivity index (χ4n) is 9.10. The highest BCUT2D eigenvalue weighted by molar-refractivity contribution is 7.22. The molecule has 0 aliphatic carbocycles. The van der Waals surface area contributed by atoms with Crippen LogP contribution in [0.4, 0.5) is 26.3 Å².